The zero-order valence-electron chi connectivity index (χ0n) is 13.1. The highest BCUT2D eigenvalue weighted by atomic mass is 16.9. The van der Waals surface area contributed by atoms with Crippen molar-refractivity contribution >= 4 is 11.9 Å². The van der Waals surface area contributed by atoms with Gasteiger partial charge in [0, 0.05) is 7.11 Å². The molecule has 5 nitrogen and oxygen atoms in total. The molecule has 0 fully saturated rings. The highest BCUT2D eigenvalue weighted by Gasteiger charge is 2.21. The van der Waals surface area contributed by atoms with Crippen LogP contribution in [0, 0.1) is 5.92 Å². The van der Waals surface area contributed by atoms with Gasteiger partial charge in [0.1, 0.15) is 0 Å². The molecule has 5 heteroatoms. The molecule has 0 bridgehead atoms. The van der Waals surface area contributed by atoms with Crippen LogP contribution in [-0.2, 0) is 19.0 Å². The number of carbonyl (C=O) groups is 2. The number of hydrogen-bond acceptors (Lipinski definition) is 5. The molecule has 21 heavy (non-hydrogen) atoms. The molecular formula is C16H22O5. The Bertz CT molecular complexity index is 493. The summed E-state index contributed by atoms with van der Waals surface area (Å²) in [5, 5.41) is 0. The molecule has 0 saturated carbocycles. The summed E-state index contributed by atoms with van der Waals surface area (Å²) in [5.74, 6) is -1.12. The van der Waals surface area contributed by atoms with Crippen molar-refractivity contribution in [3.63, 3.8) is 0 Å². The Morgan fingerprint density at radius 2 is 1.71 bits per heavy atom. The molecule has 0 aliphatic heterocycles. The second kappa shape index (κ2) is 7.78. The molecule has 116 valence electrons. The Morgan fingerprint density at radius 3 is 2.24 bits per heavy atom. The first-order chi connectivity index (χ1) is 9.85. The summed E-state index contributed by atoms with van der Waals surface area (Å²) in [5.41, 5.74) is 1.42. The normalized spacial score (nSPS) is 12.3. The molecule has 0 aliphatic rings. The van der Waals surface area contributed by atoms with Crippen molar-refractivity contribution in [2.75, 3.05) is 7.11 Å². The third-order valence-corrected chi connectivity index (χ3v) is 2.87. The predicted molar refractivity (Wildman–Crippen MR) is 77.7 cm³/mol. The summed E-state index contributed by atoms with van der Waals surface area (Å²) in [7, 11) is 1.30. The first kappa shape index (κ1) is 17.2. The molecule has 0 amide bonds. The average molecular weight is 294 g/mol. The monoisotopic (exact) mass is 294 g/mol. The van der Waals surface area contributed by atoms with Crippen molar-refractivity contribution in [1.29, 1.82) is 0 Å². The summed E-state index contributed by atoms with van der Waals surface area (Å²) in [6.07, 6.45) is 0. The molecule has 0 heterocycles. The fourth-order valence-corrected chi connectivity index (χ4v) is 1.53. The number of methoxy groups -OCH3 is 1. The fourth-order valence-electron chi connectivity index (χ4n) is 1.53. The zero-order valence-corrected chi connectivity index (χ0v) is 13.1. The quantitative estimate of drug-likeness (QED) is 0.596. The van der Waals surface area contributed by atoms with Crippen LogP contribution in [0.15, 0.2) is 24.3 Å². The number of esters is 2. The van der Waals surface area contributed by atoms with Gasteiger partial charge in [-0.05, 0) is 23.6 Å². The lowest BCUT2D eigenvalue weighted by Gasteiger charge is -2.17. The maximum atomic E-state index is 12.0. The zero-order chi connectivity index (χ0) is 16.0. The topological polar surface area (TPSA) is 61.8 Å². The van der Waals surface area contributed by atoms with Gasteiger partial charge in [0.25, 0.3) is 0 Å². The highest BCUT2D eigenvalue weighted by Crippen LogP contribution is 2.17. The second-order valence-corrected chi connectivity index (χ2v) is 5.30. The first-order valence-corrected chi connectivity index (χ1v) is 6.89. The van der Waals surface area contributed by atoms with Gasteiger partial charge in [-0.3, -0.25) is 4.79 Å². The Morgan fingerprint density at radius 1 is 1.05 bits per heavy atom. The standard InChI is InChI=1S/C16H22O5/c1-10(2)12-7-6-8-13(9-12)15(18)21-16(19-5)20-14(17)11(3)4/h6-11,16H,1-5H3. The summed E-state index contributed by atoms with van der Waals surface area (Å²) in [6.45, 7) is 6.10. The van der Waals surface area contributed by atoms with Crippen LogP contribution in [0.3, 0.4) is 0 Å². The molecule has 0 saturated heterocycles. The van der Waals surface area contributed by atoms with Crippen molar-refractivity contribution in [2.45, 2.75) is 40.1 Å². The van der Waals surface area contributed by atoms with Crippen LogP contribution in [0.2, 0.25) is 0 Å². The van der Waals surface area contributed by atoms with E-state index in [0.717, 1.165) is 5.56 Å². The molecule has 1 aromatic rings. The molecule has 0 spiro atoms. The van der Waals surface area contributed by atoms with Crippen LogP contribution in [0.4, 0.5) is 0 Å². The molecule has 0 aliphatic carbocycles. The second-order valence-electron chi connectivity index (χ2n) is 5.30. The molecule has 0 radical (unpaired) electrons. The summed E-state index contributed by atoms with van der Waals surface area (Å²) >= 11 is 0. The summed E-state index contributed by atoms with van der Waals surface area (Å²) in [6, 6.07) is 7.12. The Labute approximate surface area is 125 Å². The lowest BCUT2D eigenvalue weighted by Crippen LogP contribution is -2.28. The number of hydrogen-bond donors (Lipinski definition) is 0. The molecule has 1 aromatic carbocycles. The van der Waals surface area contributed by atoms with Crippen molar-refractivity contribution in [3.05, 3.63) is 35.4 Å². The van der Waals surface area contributed by atoms with Gasteiger partial charge in [0.05, 0.1) is 11.5 Å². The van der Waals surface area contributed by atoms with E-state index in [4.69, 9.17) is 14.2 Å². The minimum Gasteiger partial charge on any atom is -0.400 e. The van der Waals surface area contributed by atoms with Gasteiger partial charge < -0.3 is 14.2 Å². The minimum absolute atomic E-state index is 0.301. The van der Waals surface area contributed by atoms with Crippen LogP contribution in [0.5, 0.6) is 0 Å². The van der Waals surface area contributed by atoms with Crippen LogP contribution < -0.4 is 0 Å². The van der Waals surface area contributed by atoms with Gasteiger partial charge in [0.15, 0.2) is 0 Å². The minimum atomic E-state index is -1.34. The van der Waals surface area contributed by atoms with Gasteiger partial charge in [-0.2, -0.15) is 0 Å². The summed E-state index contributed by atoms with van der Waals surface area (Å²) in [4.78, 5) is 23.5. The fraction of sp³-hybridized carbons (Fsp3) is 0.500. The van der Waals surface area contributed by atoms with Gasteiger partial charge in [-0.25, -0.2) is 4.79 Å². The smallest absolute Gasteiger partial charge is 0.365 e. The Hall–Kier alpha value is -1.88. The Balaban J connectivity index is 2.74. The van der Waals surface area contributed by atoms with E-state index in [2.05, 4.69) is 0 Å². The predicted octanol–water partition coefficient (Wildman–Crippen LogP) is 3.10. The van der Waals surface area contributed by atoms with Gasteiger partial charge in [-0.1, -0.05) is 39.8 Å². The molecular weight excluding hydrogens is 272 g/mol. The first-order valence-electron chi connectivity index (χ1n) is 6.89. The molecule has 1 unspecified atom stereocenters. The van der Waals surface area contributed by atoms with E-state index in [1.807, 2.05) is 19.9 Å². The average Bonchev–Trinajstić information content (AvgIpc) is 2.46. The van der Waals surface area contributed by atoms with E-state index >= 15 is 0 Å². The van der Waals surface area contributed by atoms with E-state index in [-0.39, 0.29) is 5.92 Å². The highest BCUT2D eigenvalue weighted by molar-refractivity contribution is 5.89. The van der Waals surface area contributed by atoms with Gasteiger partial charge in [-0.15, -0.1) is 0 Å². The SMILES string of the molecule is COC(OC(=O)c1cccc(C(C)C)c1)OC(=O)C(C)C. The van der Waals surface area contributed by atoms with Crippen molar-refractivity contribution in [2.24, 2.45) is 5.92 Å². The van der Waals surface area contributed by atoms with E-state index in [1.54, 1.807) is 32.0 Å². The van der Waals surface area contributed by atoms with Crippen molar-refractivity contribution < 1.29 is 23.8 Å². The van der Waals surface area contributed by atoms with Crippen LogP contribution in [0.25, 0.3) is 0 Å². The van der Waals surface area contributed by atoms with Crippen LogP contribution in [0.1, 0.15) is 49.5 Å². The van der Waals surface area contributed by atoms with Crippen LogP contribution >= 0.6 is 0 Å². The maximum Gasteiger partial charge on any atom is 0.365 e. The lowest BCUT2D eigenvalue weighted by atomic mass is 10.0. The number of rotatable bonds is 6. The molecule has 1 atom stereocenters. The van der Waals surface area contributed by atoms with E-state index in [1.165, 1.54) is 7.11 Å². The lowest BCUT2D eigenvalue weighted by molar-refractivity contribution is -0.244. The van der Waals surface area contributed by atoms with Crippen molar-refractivity contribution in [3.8, 4) is 0 Å². The molecule has 0 N–H and O–H groups in total. The van der Waals surface area contributed by atoms with E-state index < -0.39 is 18.4 Å². The molecule has 1 rings (SSSR count). The molecule has 0 aromatic heterocycles. The van der Waals surface area contributed by atoms with Crippen molar-refractivity contribution in [1.82, 2.24) is 0 Å². The van der Waals surface area contributed by atoms with E-state index in [9.17, 15) is 9.59 Å². The third-order valence-electron chi connectivity index (χ3n) is 2.87. The third kappa shape index (κ3) is 5.19. The number of ether oxygens (including phenoxy) is 3. The van der Waals surface area contributed by atoms with Gasteiger partial charge >= 0.3 is 18.4 Å². The van der Waals surface area contributed by atoms with E-state index in [0.29, 0.717) is 11.5 Å². The van der Waals surface area contributed by atoms with Gasteiger partial charge in [0.2, 0.25) is 0 Å². The Kier molecular flexibility index (Phi) is 6.37. The number of carbonyl (C=O) groups excluding carboxylic acids is 2. The summed E-state index contributed by atoms with van der Waals surface area (Å²) < 4.78 is 14.8. The maximum absolute atomic E-state index is 12.0. The van der Waals surface area contributed by atoms with Crippen LogP contribution in [-0.4, -0.2) is 25.5 Å². The number of benzene rings is 1. The largest absolute Gasteiger partial charge is 0.400 e.